The molecule has 1 aromatic heterocycles. The predicted octanol–water partition coefficient (Wildman–Crippen LogP) is -2.97. The summed E-state index contributed by atoms with van der Waals surface area (Å²) in [5, 5.41) is 16.2. The Labute approximate surface area is 150 Å². The third-order valence-corrected chi connectivity index (χ3v) is 5.10. The Bertz CT molecular complexity index is 475. The van der Waals surface area contributed by atoms with E-state index in [1.54, 1.807) is 0 Å². The van der Waals surface area contributed by atoms with Crippen LogP contribution in [-0.4, -0.2) is 39.4 Å². The van der Waals surface area contributed by atoms with Gasteiger partial charge in [0.15, 0.2) is 0 Å². The van der Waals surface area contributed by atoms with Crippen LogP contribution in [0, 0.1) is 0 Å². The normalized spacial score (nSPS) is 37.2. The fraction of sp³-hybridized carbons (Fsp3) is 0.769. The van der Waals surface area contributed by atoms with Gasteiger partial charge >= 0.3 is 51.4 Å². The molecule has 2 fully saturated rings. The van der Waals surface area contributed by atoms with Crippen molar-refractivity contribution in [2.75, 3.05) is 13.2 Å². The van der Waals surface area contributed by atoms with Gasteiger partial charge in [-0.05, 0) is 37.8 Å². The molecule has 0 saturated carbocycles. The molecule has 0 amide bonds. The monoisotopic (exact) mass is 271 g/mol. The molecule has 1 aliphatic carbocycles. The Kier molecular flexibility index (Phi) is 3.55. The van der Waals surface area contributed by atoms with Crippen LogP contribution in [0.5, 0.6) is 0 Å². The Hall–Kier alpha value is 0.766. The molecule has 0 radical (unpaired) electrons. The van der Waals surface area contributed by atoms with Crippen LogP contribution in [0.3, 0.4) is 0 Å². The first-order valence-corrected chi connectivity index (χ1v) is 6.61. The number of fused-ring (bicyclic) bond motifs is 5. The Morgan fingerprint density at radius 1 is 1.56 bits per heavy atom. The van der Waals surface area contributed by atoms with Gasteiger partial charge in [0.05, 0.1) is 5.69 Å². The molecule has 4 nitrogen and oxygen atoms in total. The first-order valence-electron chi connectivity index (χ1n) is 6.61. The molecule has 3 atom stereocenters. The molecule has 1 aromatic rings. The SMILES string of the molecule is Cn1cc2c(n1)C1CC3(C[O-])CCCN3C1C2.[K+]. The van der Waals surface area contributed by atoms with Crippen LogP contribution in [0.4, 0.5) is 0 Å². The molecule has 92 valence electrons. The van der Waals surface area contributed by atoms with Gasteiger partial charge in [0, 0.05) is 30.7 Å². The smallest absolute Gasteiger partial charge is 0.853 e. The zero-order valence-electron chi connectivity index (χ0n) is 11.2. The van der Waals surface area contributed by atoms with Crippen LogP contribution < -0.4 is 56.5 Å². The summed E-state index contributed by atoms with van der Waals surface area (Å²) in [5.74, 6) is 0.528. The summed E-state index contributed by atoms with van der Waals surface area (Å²) >= 11 is 0. The fourth-order valence-corrected chi connectivity index (χ4v) is 4.45. The van der Waals surface area contributed by atoms with Crippen LogP contribution in [0.1, 0.15) is 36.4 Å². The van der Waals surface area contributed by atoms with Crippen molar-refractivity contribution in [3.8, 4) is 0 Å². The van der Waals surface area contributed by atoms with E-state index in [-0.39, 0.29) is 63.5 Å². The zero-order valence-corrected chi connectivity index (χ0v) is 14.3. The van der Waals surface area contributed by atoms with Crippen molar-refractivity contribution in [2.24, 2.45) is 7.05 Å². The Morgan fingerprint density at radius 3 is 3.17 bits per heavy atom. The Balaban J connectivity index is 0.000001000. The first-order chi connectivity index (χ1) is 8.23. The van der Waals surface area contributed by atoms with Crippen molar-refractivity contribution < 1.29 is 56.5 Å². The van der Waals surface area contributed by atoms with E-state index in [0.717, 1.165) is 25.8 Å². The largest absolute Gasteiger partial charge is 1.00 e. The minimum absolute atomic E-state index is 0. The average molecular weight is 271 g/mol. The van der Waals surface area contributed by atoms with Gasteiger partial charge in [0.1, 0.15) is 0 Å². The van der Waals surface area contributed by atoms with Crippen LogP contribution in [0.25, 0.3) is 0 Å². The molecule has 0 N–H and O–H groups in total. The summed E-state index contributed by atoms with van der Waals surface area (Å²) in [4.78, 5) is 2.52. The molecule has 5 heteroatoms. The van der Waals surface area contributed by atoms with Crippen molar-refractivity contribution in [3.05, 3.63) is 17.5 Å². The van der Waals surface area contributed by atoms with E-state index in [2.05, 4.69) is 16.2 Å². The third kappa shape index (κ3) is 1.68. The summed E-state index contributed by atoms with van der Waals surface area (Å²) in [7, 11) is 1.99. The Morgan fingerprint density at radius 2 is 2.39 bits per heavy atom. The number of hydrogen-bond acceptors (Lipinski definition) is 3. The van der Waals surface area contributed by atoms with Crippen molar-refractivity contribution >= 4 is 0 Å². The van der Waals surface area contributed by atoms with E-state index in [1.807, 2.05) is 11.7 Å². The molecule has 3 unspecified atom stereocenters. The minimum atomic E-state index is -0.0233. The number of rotatable bonds is 1. The molecule has 0 aromatic carbocycles. The van der Waals surface area contributed by atoms with E-state index in [1.165, 1.54) is 17.7 Å². The summed E-state index contributed by atoms with van der Waals surface area (Å²) in [6, 6.07) is 0.574. The molecular weight excluding hydrogens is 253 g/mol. The van der Waals surface area contributed by atoms with Gasteiger partial charge in [-0.25, -0.2) is 0 Å². The molecule has 3 heterocycles. The van der Waals surface area contributed by atoms with Gasteiger partial charge in [-0.1, -0.05) is 0 Å². The van der Waals surface area contributed by atoms with E-state index >= 15 is 0 Å². The summed E-state index contributed by atoms with van der Waals surface area (Å²) in [6.45, 7) is 1.20. The predicted molar refractivity (Wildman–Crippen MR) is 61.6 cm³/mol. The molecule has 3 aliphatic rings. The van der Waals surface area contributed by atoms with Crippen molar-refractivity contribution in [1.29, 1.82) is 0 Å². The summed E-state index contributed by atoms with van der Waals surface area (Å²) in [5.41, 5.74) is 2.67. The number of hydrogen-bond donors (Lipinski definition) is 0. The van der Waals surface area contributed by atoms with Crippen LogP contribution in [-0.2, 0) is 13.5 Å². The van der Waals surface area contributed by atoms with Crippen LogP contribution in [0.2, 0.25) is 0 Å². The molecule has 0 spiro atoms. The van der Waals surface area contributed by atoms with Crippen molar-refractivity contribution in [3.63, 3.8) is 0 Å². The minimum Gasteiger partial charge on any atom is -0.853 e. The second-order valence-electron chi connectivity index (χ2n) is 5.96. The molecular formula is C13H18KN3O. The zero-order chi connectivity index (χ0) is 11.6. The maximum Gasteiger partial charge on any atom is 1.00 e. The van der Waals surface area contributed by atoms with Gasteiger partial charge in [-0.15, -0.1) is 6.61 Å². The van der Waals surface area contributed by atoms with E-state index < -0.39 is 0 Å². The van der Waals surface area contributed by atoms with E-state index in [0.29, 0.717) is 12.0 Å². The second-order valence-corrected chi connectivity index (χ2v) is 5.96. The van der Waals surface area contributed by atoms with E-state index in [9.17, 15) is 5.11 Å². The number of aryl methyl sites for hydroxylation is 1. The van der Waals surface area contributed by atoms with Crippen LogP contribution >= 0.6 is 0 Å². The van der Waals surface area contributed by atoms with Gasteiger partial charge in [0.2, 0.25) is 0 Å². The topological polar surface area (TPSA) is 44.1 Å². The third-order valence-electron chi connectivity index (χ3n) is 5.10. The van der Waals surface area contributed by atoms with Crippen molar-refractivity contribution in [2.45, 2.75) is 43.2 Å². The van der Waals surface area contributed by atoms with Crippen LogP contribution in [0.15, 0.2) is 6.20 Å². The molecule has 4 rings (SSSR count). The maximum atomic E-state index is 11.6. The second kappa shape index (κ2) is 4.65. The van der Waals surface area contributed by atoms with Gasteiger partial charge in [-0.3, -0.25) is 9.58 Å². The van der Waals surface area contributed by atoms with Gasteiger partial charge in [0.25, 0.3) is 0 Å². The summed E-state index contributed by atoms with van der Waals surface area (Å²) < 4.78 is 1.92. The molecule has 18 heavy (non-hydrogen) atoms. The fourth-order valence-electron chi connectivity index (χ4n) is 4.45. The van der Waals surface area contributed by atoms with Gasteiger partial charge in [-0.2, -0.15) is 5.10 Å². The molecule has 2 saturated heterocycles. The van der Waals surface area contributed by atoms with Crippen molar-refractivity contribution in [1.82, 2.24) is 14.7 Å². The standard InChI is InChI=1S/C13H18N3O.K/c1-15-7-9-5-11-10(12(9)14-15)6-13(8-17)3-2-4-16(11)13;/h7,10-11H,2-6,8H2,1H3;/q-1;+1. The number of nitrogens with zero attached hydrogens (tertiary/aromatic N) is 3. The summed E-state index contributed by atoms with van der Waals surface area (Å²) in [6.07, 6.45) is 6.62. The molecule has 0 bridgehead atoms. The maximum absolute atomic E-state index is 11.6. The quantitative estimate of drug-likeness (QED) is 0.513. The molecule has 2 aliphatic heterocycles. The first kappa shape index (κ1) is 13.7. The average Bonchev–Trinajstić information content (AvgIpc) is 2.96. The van der Waals surface area contributed by atoms with E-state index in [4.69, 9.17) is 0 Å². The number of aromatic nitrogens is 2. The van der Waals surface area contributed by atoms with Gasteiger partial charge < -0.3 is 5.11 Å².